The van der Waals surface area contributed by atoms with E-state index in [0.717, 1.165) is 0 Å². The van der Waals surface area contributed by atoms with Crippen LogP contribution in [0.4, 0.5) is 17.6 Å². The van der Waals surface area contributed by atoms with E-state index in [-0.39, 0.29) is 43.0 Å². The van der Waals surface area contributed by atoms with Gasteiger partial charge in [-0.15, -0.1) is 24.0 Å². The Labute approximate surface area is 172 Å². The van der Waals surface area contributed by atoms with Gasteiger partial charge < -0.3 is 15.2 Å². The lowest BCUT2D eigenvalue weighted by molar-refractivity contribution is -0.132. The molecule has 2 rings (SSSR count). The molecule has 1 heterocycles. The summed E-state index contributed by atoms with van der Waals surface area (Å²) in [7, 11) is 0. The molecule has 27 heavy (non-hydrogen) atoms. The molecule has 0 amide bonds. The Kier molecular flexibility index (Phi) is 9.00. The number of hydrogen-bond donors (Lipinski definition) is 2. The van der Waals surface area contributed by atoms with Crippen molar-refractivity contribution in [3.63, 3.8) is 0 Å². The van der Waals surface area contributed by atoms with Gasteiger partial charge in [-0.1, -0.05) is 6.07 Å². The third kappa shape index (κ3) is 7.35. The fourth-order valence-electron chi connectivity index (χ4n) is 2.31. The first-order valence-corrected chi connectivity index (χ1v) is 8.18. The lowest BCUT2D eigenvalue weighted by Gasteiger charge is -2.13. The number of nitrogens with one attached hydrogen (secondary N) is 2. The number of aromatic nitrogens is 2. The molecule has 0 spiro atoms. The number of imidazole rings is 1. The van der Waals surface area contributed by atoms with E-state index >= 15 is 0 Å². The fourth-order valence-corrected chi connectivity index (χ4v) is 2.31. The Bertz CT molecular complexity index is 758. The van der Waals surface area contributed by atoms with Crippen LogP contribution in [0, 0.1) is 12.7 Å². The largest absolute Gasteiger partial charge is 0.390 e. The molecule has 0 saturated carbocycles. The van der Waals surface area contributed by atoms with Crippen molar-refractivity contribution in [2.45, 2.75) is 33.0 Å². The number of halogens is 5. The van der Waals surface area contributed by atoms with Crippen LogP contribution in [0.3, 0.4) is 0 Å². The van der Waals surface area contributed by atoms with Crippen LogP contribution >= 0.6 is 24.0 Å². The first-order valence-electron chi connectivity index (χ1n) is 8.18. The maximum absolute atomic E-state index is 14.3. The molecule has 0 fully saturated rings. The summed E-state index contributed by atoms with van der Waals surface area (Å²) in [5.41, 5.74) is 0.986. The van der Waals surface area contributed by atoms with Gasteiger partial charge in [-0.25, -0.2) is 14.4 Å². The molecule has 5 nitrogen and oxygen atoms in total. The highest BCUT2D eigenvalue weighted by Gasteiger charge is 2.26. The number of alkyl halides is 3. The molecule has 0 atom stereocenters. The molecular formula is C17H22F4IN5. The van der Waals surface area contributed by atoms with Crippen LogP contribution in [0.2, 0.25) is 0 Å². The van der Waals surface area contributed by atoms with E-state index in [2.05, 4.69) is 20.6 Å². The first-order chi connectivity index (χ1) is 12.3. The van der Waals surface area contributed by atoms with Gasteiger partial charge in [-0.3, -0.25) is 0 Å². The van der Waals surface area contributed by atoms with E-state index in [1.165, 1.54) is 6.07 Å². The molecule has 1 aromatic heterocycles. The normalized spacial score (nSPS) is 11.9. The molecule has 0 aliphatic rings. The van der Waals surface area contributed by atoms with Gasteiger partial charge in [0.15, 0.2) is 5.96 Å². The van der Waals surface area contributed by atoms with Crippen molar-refractivity contribution in [3.05, 3.63) is 47.8 Å². The van der Waals surface area contributed by atoms with Crippen molar-refractivity contribution in [1.29, 1.82) is 0 Å². The number of guanidine groups is 1. The maximum Gasteiger partial charge on any atom is 0.390 e. The van der Waals surface area contributed by atoms with Crippen LogP contribution in [-0.4, -0.2) is 34.8 Å². The van der Waals surface area contributed by atoms with E-state index in [1.54, 1.807) is 36.0 Å². The van der Waals surface area contributed by atoms with Crippen molar-refractivity contribution in [2.24, 2.45) is 4.99 Å². The predicted molar refractivity (Wildman–Crippen MR) is 107 cm³/mol. The van der Waals surface area contributed by atoms with Crippen molar-refractivity contribution in [3.8, 4) is 5.69 Å². The number of hydrogen-bond acceptors (Lipinski definition) is 2. The molecule has 0 aliphatic heterocycles. The number of aryl methyl sites for hydroxylation is 1. The number of nitrogens with zero attached hydrogens (tertiary/aromatic N) is 3. The quantitative estimate of drug-likeness (QED) is 0.274. The molecule has 2 aromatic rings. The highest BCUT2D eigenvalue weighted by atomic mass is 127. The zero-order valence-corrected chi connectivity index (χ0v) is 17.3. The summed E-state index contributed by atoms with van der Waals surface area (Å²) in [6.45, 7) is 3.95. The average Bonchev–Trinajstić information content (AvgIpc) is 2.97. The average molecular weight is 499 g/mol. The van der Waals surface area contributed by atoms with Gasteiger partial charge >= 0.3 is 6.18 Å². The number of aliphatic imine (C=N–C) groups is 1. The van der Waals surface area contributed by atoms with Crippen molar-refractivity contribution in [1.82, 2.24) is 20.2 Å². The summed E-state index contributed by atoms with van der Waals surface area (Å²) < 4.78 is 52.6. The zero-order chi connectivity index (χ0) is 19.2. The van der Waals surface area contributed by atoms with Gasteiger partial charge in [-0.2, -0.15) is 13.2 Å². The molecule has 2 N–H and O–H groups in total. The summed E-state index contributed by atoms with van der Waals surface area (Å²) in [5.74, 6) is 0.499. The minimum absolute atomic E-state index is 0. The second kappa shape index (κ2) is 10.5. The Morgan fingerprint density at radius 1 is 1.26 bits per heavy atom. The van der Waals surface area contributed by atoms with Crippen LogP contribution < -0.4 is 10.6 Å². The zero-order valence-electron chi connectivity index (χ0n) is 15.0. The van der Waals surface area contributed by atoms with Crippen molar-refractivity contribution in [2.75, 3.05) is 13.1 Å². The third-order valence-corrected chi connectivity index (χ3v) is 3.56. The van der Waals surface area contributed by atoms with Crippen molar-refractivity contribution < 1.29 is 17.6 Å². The van der Waals surface area contributed by atoms with Gasteiger partial charge in [0.2, 0.25) is 0 Å². The summed E-state index contributed by atoms with van der Waals surface area (Å²) in [5, 5.41) is 5.48. The van der Waals surface area contributed by atoms with Gasteiger partial charge in [0.05, 0.1) is 18.7 Å². The summed E-state index contributed by atoms with van der Waals surface area (Å²) in [6.07, 6.45) is -1.93. The molecular weight excluding hydrogens is 477 g/mol. The predicted octanol–water partition coefficient (Wildman–Crippen LogP) is 3.95. The lowest BCUT2D eigenvalue weighted by Crippen LogP contribution is -2.38. The van der Waals surface area contributed by atoms with Crippen LogP contribution in [0.1, 0.15) is 24.7 Å². The van der Waals surface area contributed by atoms with Gasteiger partial charge in [0.25, 0.3) is 0 Å². The SMILES string of the molecule is CCNC(=NCc1ccc(-n2ccnc2C)c(F)c1)NCCC(F)(F)F.I. The Morgan fingerprint density at radius 3 is 2.56 bits per heavy atom. The third-order valence-electron chi connectivity index (χ3n) is 3.56. The maximum atomic E-state index is 14.3. The first kappa shape index (κ1) is 23.2. The standard InChI is InChI=1S/C17H21F4N5.HI/c1-3-22-16(24-7-6-17(19,20)21)25-11-13-4-5-15(14(18)10-13)26-9-8-23-12(26)2;/h4-5,8-10H,3,6-7,11H2,1-2H3,(H2,22,24,25);1H. The summed E-state index contributed by atoms with van der Waals surface area (Å²) >= 11 is 0. The Hall–Kier alpha value is -1.85. The highest BCUT2D eigenvalue weighted by Crippen LogP contribution is 2.18. The minimum atomic E-state index is -4.23. The van der Waals surface area contributed by atoms with E-state index < -0.39 is 18.4 Å². The number of benzene rings is 1. The van der Waals surface area contributed by atoms with Crippen LogP contribution in [-0.2, 0) is 6.54 Å². The van der Waals surface area contributed by atoms with E-state index in [0.29, 0.717) is 23.6 Å². The lowest BCUT2D eigenvalue weighted by atomic mass is 10.2. The number of rotatable bonds is 6. The molecule has 150 valence electrons. The molecule has 1 aromatic carbocycles. The topological polar surface area (TPSA) is 54.2 Å². The van der Waals surface area contributed by atoms with E-state index in [9.17, 15) is 17.6 Å². The second-order valence-electron chi connectivity index (χ2n) is 5.62. The van der Waals surface area contributed by atoms with E-state index in [4.69, 9.17) is 0 Å². The van der Waals surface area contributed by atoms with Gasteiger partial charge in [0.1, 0.15) is 11.6 Å². The molecule has 0 bridgehead atoms. The second-order valence-corrected chi connectivity index (χ2v) is 5.62. The molecule has 0 aliphatic carbocycles. The summed E-state index contributed by atoms with van der Waals surface area (Å²) in [6, 6.07) is 4.71. The smallest absolute Gasteiger partial charge is 0.357 e. The molecule has 0 unspecified atom stereocenters. The van der Waals surface area contributed by atoms with Gasteiger partial charge in [-0.05, 0) is 31.5 Å². The van der Waals surface area contributed by atoms with Crippen molar-refractivity contribution >= 4 is 29.9 Å². The van der Waals surface area contributed by atoms with Crippen LogP contribution in [0.25, 0.3) is 5.69 Å². The monoisotopic (exact) mass is 499 g/mol. The Morgan fingerprint density at radius 2 is 2.00 bits per heavy atom. The highest BCUT2D eigenvalue weighted by molar-refractivity contribution is 14.0. The molecule has 0 saturated heterocycles. The van der Waals surface area contributed by atoms with Crippen LogP contribution in [0.15, 0.2) is 35.6 Å². The fraction of sp³-hybridized carbons (Fsp3) is 0.412. The summed E-state index contributed by atoms with van der Waals surface area (Å²) in [4.78, 5) is 8.26. The minimum Gasteiger partial charge on any atom is -0.357 e. The molecule has 10 heteroatoms. The Balaban J connectivity index is 0.00000364. The van der Waals surface area contributed by atoms with Gasteiger partial charge in [0, 0.05) is 25.5 Å². The molecule has 0 radical (unpaired) electrons. The van der Waals surface area contributed by atoms with Crippen LogP contribution in [0.5, 0.6) is 0 Å². The van der Waals surface area contributed by atoms with E-state index in [1.807, 2.05) is 6.92 Å².